The van der Waals surface area contributed by atoms with Crippen molar-refractivity contribution < 1.29 is 5.11 Å². The van der Waals surface area contributed by atoms with Gasteiger partial charge in [0.2, 0.25) is 0 Å². The van der Waals surface area contributed by atoms with Gasteiger partial charge in [-0.2, -0.15) is 5.26 Å². The topological polar surface area (TPSA) is 61.8 Å². The van der Waals surface area contributed by atoms with E-state index in [4.69, 9.17) is 0 Å². The molecule has 22 heavy (non-hydrogen) atoms. The number of aromatic hydroxyl groups is 1. The Bertz CT molecular complexity index is 906. The van der Waals surface area contributed by atoms with Crippen molar-refractivity contribution in [3.8, 4) is 11.8 Å². The number of allylic oxidation sites excluding steroid dienone is 1. The molecular formula is C17H13N3OS. The molecule has 0 spiro atoms. The predicted molar refractivity (Wildman–Crippen MR) is 88.3 cm³/mol. The van der Waals surface area contributed by atoms with Crippen LogP contribution < -0.4 is 0 Å². The summed E-state index contributed by atoms with van der Waals surface area (Å²) in [5.41, 5.74) is 2.53. The number of aryl methyl sites for hydroxylation is 1. The molecule has 0 unspecified atom stereocenters. The number of imidazole rings is 1. The summed E-state index contributed by atoms with van der Waals surface area (Å²) in [6.45, 7) is 0. The van der Waals surface area contributed by atoms with Gasteiger partial charge in [0.05, 0.1) is 15.9 Å². The van der Waals surface area contributed by atoms with Gasteiger partial charge >= 0.3 is 0 Å². The number of aromatic nitrogens is 2. The van der Waals surface area contributed by atoms with E-state index in [2.05, 4.69) is 11.1 Å². The van der Waals surface area contributed by atoms with Crippen LogP contribution >= 0.6 is 11.8 Å². The van der Waals surface area contributed by atoms with Gasteiger partial charge in [-0.15, -0.1) is 0 Å². The molecule has 0 aliphatic heterocycles. The number of thioether (sulfide) groups is 1. The van der Waals surface area contributed by atoms with Gasteiger partial charge in [0, 0.05) is 12.6 Å². The highest BCUT2D eigenvalue weighted by Gasteiger charge is 2.10. The van der Waals surface area contributed by atoms with Gasteiger partial charge < -0.3 is 9.67 Å². The molecule has 1 N–H and O–H groups in total. The van der Waals surface area contributed by atoms with Gasteiger partial charge in [-0.05, 0) is 36.0 Å². The monoisotopic (exact) mass is 307 g/mol. The Morgan fingerprint density at radius 2 is 1.95 bits per heavy atom. The molecule has 0 saturated heterocycles. The van der Waals surface area contributed by atoms with E-state index in [1.807, 2.05) is 41.9 Å². The molecule has 108 valence electrons. The lowest BCUT2D eigenvalue weighted by Gasteiger charge is -2.02. The minimum Gasteiger partial charge on any atom is -0.507 e. The fraction of sp³-hybridized carbons (Fsp3) is 0.0588. The third-order valence-electron chi connectivity index (χ3n) is 3.28. The van der Waals surface area contributed by atoms with Crippen molar-refractivity contribution in [1.29, 1.82) is 5.26 Å². The Hall–Kier alpha value is -2.71. The zero-order valence-corrected chi connectivity index (χ0v) is 12.7. The molecule has 0 amide bonds. The third kappa shape index (κ3) is 2.69. The summed E-state index contributed by atoms with van der Waals surface area (Å²) in [7, 11) is 1.92. The second kappa shape index (κ2) is 5.96. The summed E-state index contributed by atoms with van der Waals surface area (Å²) < 4.78 is 1.95. The highest BCUT2D eigenvalue weighted by Crippen LogP contribution is 2.30. The molecule has 0 atom stereocenters. The van der Waals surface area contributed by atoms with Crippen molar-refractivity contribution in [1.82, 2.24) is 9.55 Å². The lowest BCUT2D eigenvalue weighted by Crippen LogP contribution is -1.90. The molecule has 0 aliphatic rings. The van der Waals surface area contributed by atoms with Crippen LogP contribution in [0, 0.1) is 11.3 Å². The molecule has 0 fully saturated rings. The smallest absolute Gasteiger partial charge is 0.174 e. The normalized spacial score (nSPS) is 11.5. The highest BCUT2D eigenvalue weighted by atomic mass is 32.2. The fourth-order valence-electron chi connectivity index (χ4n) is 2.15. The maximum atomic E-state index is 9.81. The number of benzene rings is 2. The first-order chi connectivity index (χ1) is 10.7. The number of para-hydroxylation sites is 3. The molecule has 1 heterocycles. The second-order valence-corrected chi connectivity index (χ2v) is 5.73. The largest absolute Gasteiger partial charge is 0.507 e. The molecule has 1 aromatic heterocycles. The molecule has 2 aromatic carbocycles. The first-order valence-corrected chi connectivity index (χ1v) is 7.50. The molecule has 0 radical (unpaired) electrons. The molecular weight excluding hydrogens is 294 g/mol. The number of hydrogen-bond acceptors (Lipinski definition) is 4. The second-order valence-electron chi connectivity index (χ2n) is 4.72. The van der Waals surface area contributed by atoms with Crippen molar-refractivity contribution in [3.63, 3.8) is 0 Å². The zero-order valence-electron chi connectivity index (χ0n) is 11.9. The number of phenols is 1. The first kappa shape index (κ1) is 14.2. The van der Waals surface area contributed by atoms with Crippen LogP contribution in [0.25, 0.3) is 17.1 Å². The SMILES string of the molecule is Cn1c(S/C(C#N)=C/c2ccccc2O)nc2ccccc21. The maximum absolute atomic E-state index is 9.81. The highest BCUT2D eigenvalue weighted by molar-refractivity contribution is 8.03. The quantitative estimate of drug-likeness (QED) is 0.588. The minimum atomic E-state index is 0.154. The van der Waals surface area contributed by atoms with Crippen molar-refractivity contribution in [3.05, 3.63) is 59.0 Å². The molecule has 0 saturated carbocycles. The van der Waals surface area contributed by atoms with Crippen LogP contribution in [0.3, 0.4) is 0 Å². The van der Waals surface area contributed by atoms with Crippen LogP contribution in [0.2, 0.25) is 0 Å². The van der Waals surface area contributed by atoms with E-state index in [1.54, 1.807) is 24.3 Å². The molecule has 4 nitrogen and oxygen atoms in total. The average Bonchev–Trinajstić information content (AvgIpc) is 2.85. The van der Waals surface area contributed by atoms with Gasteiger partial charge in [-0.25, -0.2) is 4.98 Å². The standard InChI is InChI=1S/C17H13N3OS/c1-20-15-8-4-3-7-14(15)19-17(20)22-13(11-18)10-12-6-2-5-9-16(12)21/h2-10,21H,1H3/b13-10+. The van der Waals surface area contributed by atoms with Crippen LogP contribution in [-0.2, 0) is 7.05 Å². The molecule has 3 aromatic rings. The lowest BCUT2D eigenvalue weighted by atomic mass is 10.2. The molecule has 0 aliphatic carbocycles. The number of phenolic OH excluding ortho intramolecular Hbond substituents is 1. The Morgan fingerprint density at radius 1 is 1.23 bits per heavy atom. The Labute approximate surface area is 132 Å². The summed E-state index contributed by atoms with van der Waals surface area (Å²) in [6.07, 6.45) is 1.67. The molecule has 5 heteroatoms. The Morgan fingerprint density at radius 3 is 2.68 bits per heavy atom. The van der Waals surface area contributed by atoms with E-state index in [0.29, 0.717) is 10.5 Å². The van der Waals surface area contributed by atoms with Crippen molar-refractivity contribution >= 4 is 28.9 Å². The van der Waals surface area contributed by atoms with Crippen LogP contribution in [0.4, 0.5) is 0 Å². The first-order valence-electron chi connectivity index (χ1n) is 6.68. The van der Waals surface area contributed by atoms with Crippen molar-refractivity contribution in [2.24, 2.45) is 7.05 Å². The predicted octanol–water partition coefficient (Wildman–Crippen LogP) is 3.94. The summed E-state index contributed by atoms with van der Waals surface area (Å²) in [6, 6.07) is 16.9. The third-order valence-corrected chi connectivity index (χ3v) is 4.26. The number of fused-ring (bicyclic) bond motifs is 1. The number of hydrogen-bond donors (Lipinski definition) is 1. The fourth-order valence-corrected chi connectivity index (χ4v) is 2.96. The number of rotatable bonds is 3. The van der Waals surface area contributed by atoms with E-state index < -0.39 is 0 Å². The summed E-state index contributed by atoms with van der Waals surface area (Å²) in [5, 5.41) is 19.9. The van der Waals surface area contributed by atoms with Crippen molar-refractivity contribution in [2.75, 3.05) is 0 Å². The zero-order chi connectivity index (χ0) is 15.5. The van der Waals surface area contributed by atoms with Crippen LogP contribution in [0.5, 0.6) is 5.75 Å². The maximum Gasteiger partial charge on any atom is 0.174 e. The lowest BCUT2D eigenvalue weighted by molar-refractivity contribution is 0.474. The van der Waals surface area contributed by atoms with E-state index >= 15 is 0 Å². The van der Waals surface area contributed by atoms with E-state index in [9.17, 15) is 10.4 Å². The Balaban J connectivity index is 1.97. The number of nitriles is 1. The van der Waals surface area contributed by atoms with Gasteiger partial charge in [0.15, 0.2) is 5.16 Å². The molecule has 3 rings (SSSR count). The van der Waals surface area contributed by atoms with E-state index in [1.165, 1.54) is 11.8 Å². The van der Waals surface area contributed by atoms with Gasteiger partial charge in [-0.3, -0.25) is 0 Å². The summed E-state index contributed by atoms with van der Waals surface area (Å²) in [5.74, 6) is 0.154. The van der Waals surface area contributed by atoms with Crippen LogP contribution in [0.15, 0.2) is 58.6 Å². The van der Waals surface area contributed by atoms with E-state index in [0.717, 1.165) is 16.2 Å². The van der Waals surface area contributed by atoms with Crippen LogP contribution in [-0.4, -0.2) is 14.7 Å². The minimum absolute atomic E-state index is 0.154. The van der Waals surface area contributed by atoms with Gasteiger partial charge in [-0.1, -0.05) is 30.3 Å². The number of nitrogens with zero attached hydrogens (tertiary/aromatic N) is 3. The summed E-state index contributed by atoms with van der Waals surface area (Å²) >= 11 is 1.29. The molecule has 0 bridgehead atoms. The van der Waals surface area contributed by atoms with Crippen LogP contribution in [0.1, 0.15) is 5.56 Å². The van der Waals surface area contributed by atoms with Gasteiger partial charge in [0.25, 0.3) is 0 Å². The summed E-state index contributed by atoms with van der Waals surface area (Å²) in [4.78, 5) is 5.01. The Kier molecular flexibility index (Phi) is 3.86. The van der Waals surface area contributed by atoms with E-state index in [-0.39, 0.29) is 5.75 Å². The average molecular weight is 307 g/mol. The van der Waals surface area contributed by atoms with Gasteiger partial charge in [0.1, 0.15) is 11.8 Å². The van der Waals surface area contributed by atoms with Crippen molar-refractivity contribution in [2.45, 2.75) is 5.16 Å².